The number of fused-ring (bicyclic) bond motifs is 1. The quantitative estimate of drug-likeness (QED) is 0.657. The Morgan fingerprint density at radius 1 is 1.10 bits per heavy atom. The van der Waals surface area contributed by atoms with E-state index in [0.717, 1.165) is 30.6 Å². The summed E-state index contributed by atoms with van der Waals surface area (Å²) >= 11 is 2.27. The van der Waals surface area contributed by atoms with Crippen molar-refractivity contribution in [3.63, 3.8) is 0 Å². The molecule has 0 aromatic heterocycles. The van der Waals surface area contributed by atoms with Gasteiger partial charge in [-0.25, -0.2) is 0 Å². The monoisotopic (exact) mass is 377 g/mol. The zero-order valence-corrected chi connectivity index (χ0v) is 13.3. The van der Waals surface area contributed by atoms with E-state index in [1.165, 1.54) is 14.7 Å². The smallest absolute Gasteiger partial charge is 0.167 e. The van der Waals surface area contributed by atoms with Crippen molar-refractivity contribution in [2.45, 2.75) is 19.4 Å². The maximum atomic E-state index is 12.4. The van der Waals surface area contributed by atoms with Gasteiger partial charge in [0.15, 0.2) is 5.78 Å². The third kappa shape index (κ3) is 3.10. The van der Waals surface area contributed by atoms with Gasteiger partial charge in [0.2, 0.25) is 0 Å². The Hall–Kier alpha value is -1.20. The zero-order chi connectivity index (χ0) is 13.9. The van der Waals surface area contributed by atoms with Gasteiger partial charge in [-0.05, 0) is 70.4 Å². The molecular formula is C17H16INO. The highest BCUT2D eigenvalue weighted by atomic mass is 127. The lowest BCUT2D eigenvalue weighted by Gasteiger charge is -2.17. The Morgan fingerprint density at radius 2 is 1.90 bits per heavy atom. The first-order valence-corrected chi connectivity index (χ1v) is 7.90. The average Bonchev–Trinajstić information content (AvgIpc) is 2.49. The second kappa shape index (κ2) is 6.06. The fraction of sp³-hybridized carbons (Fsp3) is 0.235. The number of rotatable bonds is 3. The molecule has 1 N–H and O–H groups in total. The summed E-state index contributed by atoms with van der Waals surface area (Å²) in [5, 5.41) is 3.35. The van der Waals surface area contributed by atoms with Crippen molar-refractivity contribution in [1.29, 1.82) is 0 Å². The van der Waals surface area contributed by atoms with Crippen molar-refractivity contribution >= 4 is 28.4 Å². The highest BCUT2D eigenvalue weighted by Crippen LogP contribution is 2.17. The minimum absolute atomic E-state index is 0.194. The Balaban J connectivity index is 1.78. The molecule has 0 aliphatic carbocycles. The summed E-state index contributed by atoms with van der Waals surface area (Å²) < 4.78 is 1.19. The lowest BCUT2D eigenvalue weighted by molar-refractivity contribution is 0.0993. The number of carbonyl (C=O) groups is 1. The number of hydrogen-bond acceptors (Lipinski definition) is 2. The zero-order valence-electron chi connectivity index (χ0n) is 11.2. The topological polar surface area (TPSA) is 29.1 Å². The fourth-order valence-corrected chi connectivity index (χ4v) is 2.90. The molecule has 0 radical (unpaired) electrons. The van der Waals surface area contributed by atoms with Gasteiger partial charge in [0.25, 0.3) is 0 Å². The van der Waals surface area contributed by atoms with Crippen molar-refractivity contribution in [1.82, 2.24) is 5.32 Å². The van der Waals surface area contributed by atoms with E-state index in [9.17, 15) is 4.79 Å². The lowest BCUT2D eigenvalue weighted by Crippen LogP contribution is -2.23. The first-order valence-electron chi connectivity index (χ1n) is 6.82. The van der Waals surface area contributed by atoms with Crippen LogP contribution in [-0.4, -0.2) is 12.3 Å². The molecule has 0 atom stereocenters. The molecule has 0 unspecified atom stereocenters. The Kier molecular flexibility index (Phi) is 4.17. The van der Waals surface area contributed by atoms with E-state index in [0.29, 0.717) is 6.42 Å². The van der Waals surface area contributed by atoms with Gasteiger partial charge in [0, 0.05) is 22.1 Å². The summed E-state index contributed by atoms with van der Waals surface area (Å²) in [5.41, 5.74) is 4.54. The summed E-state index contributed by atoms with van der Waals surface area (Å²) in [5.74, 6) is 0.194. The van der Waals surface area contributed by atoms with Crippen molar-refractivity contribution in [2.24, 2.45) is 0 Å². The van der Waals surface area contributed by atoms with Crippen LogP contribution in [0.15, 0.2) is 42.5 Å². The van der Waals surface area contributed by atoms with Crippen LogP contribution in [0.1, 0.15) is 27.0 Å². The molecule has 1 aliphatic rings. The number of hydrogen-bond donors (Lipinski definition) is 1. The molecule has 3 heteroatoms. The second-order valence-corrected chi connectivity index (χ2v) is 6.38. The number of ketones is 1. The van der Waals surface area contributed by atoms with Gasteiger partial charge in [-0.1, -0.05) is 24.3 Å². The number of nitrogens with one attached hydrogen (secondary N) is 1. The number of carbonyl (C=O) groups excluding carboxylic acids is 1. The van der Waals surface area contributed by atoms with Crippen LogP contribution in [0.25, 0.3) is 0 Å². The summed E-state index contributed by atoms with van der Waals surface area (Å²) in [4.78, 5) is 12.4. The van der Waals surface area contributed by atoms with Crippen LogP contribution in [0.3, 0.4) is 0 Å². The van der Waals surface area contributed by atoms with E-state index in [1.54, 1.807) is 0 Å². The molecule has 3 rings (SSSR count). The molecule has 2 nitrogen and oxygen atoms in total. The molecule has 0 bridgehead atoms. The van der Waals surface area contributed by atoms with Gasteiger partial charge in [0.05, 0.1) is 0 Å². The van der Waals surface area contributed by atoms with Gasteiger partial charge < -0.3 is 5.32 Å². The maximum Gasteiger partial charge on any atom is 0.167 e. The van der Waals surface area contributed by atoms with Crippen molar-refractivity contribution in [3.8, 4) is 0 Å². The van der Waals surface area contributed by atoms with Crippen molar-refractivity contribution in [3.05, 3.63) is 68.3 Å². The highest BCUT2D eigenvalue weighted by molar-refractivity contribution is 14.1. The maximum absolute atomic E-state index is 12.4. The molecule has 2 aromatic carbocycles. The van der Waals surface area contributed by atoms with E-state index < -0.39 is 0 Å². The normalized spacial score (nSPS) is 13.8. The molecule has 0 fully saturated rings. The SMILES string of the molecule is O=C(Cc1ccc(I)cc1)c1ccc2c(c1)CNCC2. The third-order valence-corrected chi connectivity index (χ3v) is 4.41. The van der Waals surface area contributed by atoms with Crippen LogP contribution in [0, 0.1) is 3.57 Å². The van der Waals surface area contributed by atoms with Crippen LogP contribution in [0.2, 0.25) is 0 Å². The van der Waals surface area contributed by atoms with E-state index in [1.807, 2.05) is 30.3 Å². The number of Topliss-reactive ketones (excluding diaryl/α,β-unsaturated/α-hetero) is 1. The van der Waals surface area contributed by atoms with Crippen LogP contribution in [0.4, 0.5) is 0 Å². The standard InChI is InChI=1S/C17H16INO/c18-16-5-1-12(2-6-16)9-17(20)14-4-3-13-7-8-19-11-15(13)10-14/h1-6,10,19H,7-9,11H2. The van der Waals surface area contributed by atoms with Gasteiger partial charge in [-0.2, -0.15) is 0 Å². The van der Waals surface area contributed by atoms with E-state index in [2.05, 4.69) is 40.0 Å². The molecule has 20 heavy (non-hydrogen) atoms. The predicted octanol–water partition coefficient (Wildman–Crippen LogP) is 3.36. The van der Waals surface area contributed by atoms with Gasteiger partial charge in [0.1, 0.15) is 0 Å². The fourth-order valence-electron chi connectivity index (χ4n) is 2.54. The van der Waals surface area contributed by atoms with E-state index >= 15 is 0 Å². The minimum Gasteiger partial charge on any atom is -0.312 e. The summed E-state index contributed by atoms with van der Waals surface area (Å²) in [6, 6.07) is 14.3. The molecule has 2 aromatic rings. The molecular weight excluding hydrogens is 361 g/mol. The van der Waals surface area contributed by atoms with Gasteiger partial charge in [-0.15, -0.1) is 0 Å². The molecule has 0 spiro atoms. The van der Waals surface area contributed by atoms with Crippen molar-refractivity contribution < 1.29 is 4.79 Å². The Bertz CT molecular complexity index is 634. The Morgan fingerprint density at radius 3 is 2.70 bits per heavy atom. The summed E-state index contributed by atoms with van der Waals surface area (Å²) in [7, 11) is 0. The number of halogens is 1. The van der Waals surface area contributed by atoms with Crippen LogP contribution in [0.5, 0.6) is 0 Å². The van der Waals surface area contributed by atoms with Crippen LogP contribution in [-0.2, 0) is 19.4 Å². The van der Waals surface area contributed by atoms with E-state index in [-0.39, 0.29) is 5.78 Å². The highest BCUT2D eigenvalue weighted by Gasteiger charge is 2.12. The summed E-state index contributed by atoms with van der Waals surface area (Å²) in [6.45, 7) is 1.91. The molecule has 0 amide bonds. The molecule has 0 saturated carbocycles. The average molecular weight is 377 g/mol. The first-order chi connectivity index (χ1) is 9.72. The van der Waals surface area contributed by atoms with Gasteiger partial charge in [-0.3, -0.25) is 4.79 Å². The second-order valence-electron chi connectivity index (χ2n) is 5.14. The van der Waals surface area contributed by atoms with Crippen molar-refractivity contribution in [2.75, 3.05) is 6.54 Å². The predicted molar refractivity (Wildman–Crippen MR) is 89.0 cm³/mol. The lowest BCUT2D eigenvalue weighted by atomic mass is 9.95. The largest absolute Gasteiger partial charge is 0.312 e. The van der Waals surface area contributed by atoms with Gasteiger partial charge >= 0.3 is 0 Å². The first kappa shape index (κ1) is 13.8. The summed E-state index contributed by atoms with van der Waals surface area (Å²) in [6.07, 6.45) is 1.53. The van der Waals surface area contributed by atoms with E-state index in [4.69, 9.17) is 0 Å². The molecule has 0 saturated heterocycles. The molecule has 1 aliphatic heterocycles. The Labute approximate surface area is 132 Å². The van der Waals surface area contributed by atoms with Crippen LogP contribution >= 0.6 is 22.6 Å². The molecule has 1 heterocycles. The number of benzene rings is 2. The van der Waals surface area contributed by atoms with Crippen LogP contribution < -0.4 is 5.32 Å². The minimum atomic E-state index is 0.194. The third-order valence-electron chi connectivity index (χ3n) is 3.69. The molecule has 102 valence electrons.